The first-order valence-electron chi connectivity index (χ1n) is 4.63. The zero-order valence-electron chi connectivity index (χ0n) is 8.50. The van der Waals surface area contributed by atoms with Crippen molar-refractivity contribution in [2.75, 3.05) is 0 Å². The fourth-order valence-corrected chi connectivity index (χ4v) is 1.21. The van der Waals surface area contributed by atoms with Crippen LogP contribution in [0.25, 0.3) is 0 Å². The first-order chi connectivity index (χ1) is 8.16. The number of carboxylic acid groups (broad SMARTS) is 1. The summed E-state index contributed by atoms with van der Waals surface area (Å²) in [5.74, 6) is -1.74. The zero-order chi connectivity index (χ0) is 12.3. The van der Waals surface area contributed by atoms with Gasteiger partial charge in [0.1, 0.15) is 23.5 Å². The van der Waals surface area contributed by atoms with Gasteiger partial charge in [-0.3, -0.25) is 0 Å². The Morgan fingerprint density at radius 2 is 2.18 bits per heavy atom. The molecule has 1 heterocycles. The summed E-state index contributed by atoms with van der Waals surface area (Å²) in [5, 5.41) is 8.90. The van der Waals surface area contributed by atoms with Crippen LogP contribution in [0, 0.1) is 5.82 Å². The Hall–Kier alpha value is -2.50. The van der Waals surface area contributed by atoms with Crippen LogP contribution in [0.15, 0.2) is 36.8 Å². The van der Waals surface area contributed by atoms with E-state index in [4.69, 9.17) is 9.84 Å². The fraction of sp³-hybridized carbons (Fsp3) is 0. The Morgan fingerprint density at radius 3 is 2.82 bits per heavy atom. The van der Waals surface area contributed by atoms with E-state index in [1.54, 1.807) is 0 Å². The Labute approximate surface area is 95.5 Å². The summed E-state index contributed by atoms with van der Waals surface area (Å²) in [4.78, 5) is 18.3. The molecule has 2 aromatic rings. The molecular weight excluding hydrogens is 227 g/mol. The number of rotatable bonds is 3. The molecule has 0 atom stereocenters. The van der Waals surface area contributed by atoms with E-state index in [-0.39, 0.29) is 17.2 Å². The summed E-state index contributed by atoms with van der Waals surface area (Å²) in [6.07, 6.45) is 2.68. The second-order valence-corrected chi connectivity index (χ2v) is 3.10. The molecule has 0 saturated carbocycles. The van der Waals surface area contributed by atoms with E-state index in [0.717, 1.165) is 18.2 Å². The SMILES string of the molecule is O=C(O)c1ccc(F)cc1Oc1ccncn1. The quantitative estimate of drug-likeness (QED) is 0.880. The third-order valence-corrected chi connectivity index (χ3v) is 1.94. The molecule has 1 N–H and O–H groups in total. The number of aromatic nitrogens is 2. The Morgan fingerprint density at radius 1 is 1.35 bits per heavy atom. The molecule has 0 amide bonds. The predicted molar refractivity (Wildman–Crippen MR) is 55.5 cm³/mol. The molecule has 0 aliphatic heterocycles. The molecule has 1 aromatic heterocycles. The fourth-order valence-electron chi connectivity index (χ4n) is 1.21. The number of hydrogen-bond donors (Lipinski definition) is 1. The van der Waals surface area contributed by atoms with Crippen LogP contribution in [-0.4, -0.2) is 21.0 Å². The van der Waals surface area contributed by atoms with Crippen LogP contribution in [0.4, 0.5) is 4.39 Å². The Balaban J connectivity index is 2.37. The molecule has 2 rings (SSSR count). The molecule has 86 valence electrons. The van der Waals surface area contributed by atoms with Crippen LogP contribution in [0.2, 0.25) is 0 Å². The molecule has 0 radical (unpaired) electrons. The molecule has 0 saturated heterocycles. The normalized spacial score (nSPS) is 9.94. The van der Waals surface area contributed by atoms with Crippen molar-refractivity contribution in [3.05, 3.63) is 48.2 Å². The van der Waals surface area contributed by atoms with Crippen molar-refractivity contribution < 1.29 is 19.0 Å². The van der Waals surface area contributed by atoms with Gasteiger partial charge in [-0.25, -0.2) is 19.2 Å². The highest BCUT2D eigenvalue weighted by Gasteiger charge is 2.13. The van der Waals surface area contributed by atoms with Gasteiger partial charge in [0.15, 0.2) is 0 Å². The Bertz CT molecular complexity index is 546. The van der Waals surface area contributed by atoms with Gasteiger partial charge in [0.2, 0.25) is 5.88 Å². The third kappa shape index (κ3) is 2.54. The minimum Gasteiger partial charge on any atom is -0.478 e. The molecule has 5 nitrogen and oxygen atoms in total. The molecule has 0 unspecified atom stereocenters. The number of halogens is 1. The molecule has 0 aliphatic rings. The number of hydrogen-bond acceptors (Lipinski definition) is 4. The van der Waals surface area contributed by atoms with Gasteiger partial charge >= 0.3 is 5.97 Å². The van der Waals surface area contributed by atoms with Gasteiger partial charge in [0.25, 0.3) is 0 Å². The second-order valence-electron chi connectivity index (χ2n) is 3.10. The van der Waals surface area contributed by atoms with Gasteiger partial charge in [0.05, 0.1) is 0 Å². The lowest BCUT2D eigenvalue weighted by Gasteiger charge is -2.07. The van der Waals surface area contributed by atoms with E-state index in [1.807, 2.05) is 0 Å². The van der Waals surface area contributed by atoms with Crippen molar-refractivity contribution in [3.63, 3.8) is 0 Å². The van der Waals surface area contributed by atoms with E-state index in [1.165, 1.54) is 18.6 Å². The smallest absolute Gasteiger partial charge is 0.339 e. The van der Waals surface area contributed by atoms with Crippen molar-refractivity contribution in [1.82, 2.24) is 9.97 Å². The number of aromatic carboxylic acids is 1. The first kappa shape index (κ1) is 11.0. The standard InChI is InChI=1S/C11H7FN2O3/c12-7-1-2-8(11(15)16)9(5-7)17-10-3-4-13-6-14-10/h1-6H,(H,15,16). The van der Waals surface area contributed by atoms with E-state index in [0.29, 0.717) is 0 Å². The van der Waals surface area contributed by atoms with Crippen LogP contribution in [-0.2, 0) is 0 Å². The predicted octanol–water partition coefficient (Wildman–Crippen LogP) is 2.11. The highest BCUT2D eigenvalue weighted by Crippen LogP contribution is 2.24. The van der Waals surface area contributed by atoms with Crippen molar-refractivity contribution in [1.29, 1.82) is 0 Å². The monoisotopic (exact) mass is 234 g/mol. The lowest BCUT2D eigenvalue weighted by molar-refractivity contribution is 0.0694. The summed E-state index contributed by atoms with van der Waals surface area (Å²) in [7, 11) is 0. The largest absolute Gasteiger partial charge is 0.478 e. The summed E-state index contributed by atoms with van der Waals surface area (Å²) < 4.78 is 18.2. The van der Waals surface area contributed by atoms with E-state index in [2.05, 4.69) is 9.97 Å². The molecular formula is C11H7FN2O3. The summed E-state index contributed by atoms with van der Waals surface area (Å²) in [6, 6.07) is 4.62. The number of nitrogens with zero attached hydrogens (tertiary/aromatic N) is 2. The summed E-state index contributed by atoms with van der Waals surface area (Å²) >= 11 is 0. The first-order valence-corrected chi connectivity index (χ1v) is 4.63. The van der Waals surface area contributed by atoms with Crippen molar-refractivity contribution >= 4 is 5.97 Å². The summed E-state index contributed by atoms with van der Waals surface area (Å²) in [6.45, 7) is 0. The molecule has 0 fully saturated rings. The topological polar surface area (TPSA) is 72.3 Å². The van der Waals surface area contributed by atoms with Gasteiger partial charge < -0.3 is 9.84 Å². The lowest BCUT2D eigenvalue weighted by Crippen LogP contribution is -2.01. The number of carboxylic acids is 1. The maximum absolute atomic E-state index is 13.0. The van der Waals surface area contributed by atoms with Crippen LogP contribution in [0.5, 0.6) is 11.6 Å². The number of benzene rings is 1. The van der Waals surface area contributed by atoms with E-state index < -0.39 is 11.8 Å². The van der Waals surface area contributed by atoms with E-state index in [9.17, 15) is 9.18 Å². The van der Waals surface area contributed by atoms with Gasteiger partial charge in [-0.05, 0) is 12.1 Å². The number of carbonyl (C=O) groups is 1. The average Bonchev–Trinajstić information content (AvgIpc) is 2.30. The highest BCUT2D eigenvalue weighted by atomic mass is 19.1. The van der Waals surface area contributed by atoms with Crippen LogP contribution in [0.3, 0.4) is 0 Å². The molecule has 0 spiro atoms. The average molecular weight is 234 g/mol. The van der Waals surface area contributed by atoms with Crippen molar-refractivity contribution in [3.8, 4) is 11.6 Å². The van der Waals surface area contributed by atoms with Gasteiger partial charge in [0, 0.05) is 18.3 Å². The second kappa shape index (κ2) is 4.56. The molecule has 0 aliphatic carbocycles. The lowest BCUT2D eigenvalue weighted by atomic mass is 10.2. The van der Waals surface area contributed by atoms with Gasteiger partial charge in [-0.15, -0.1) is 0 Å². The summed E-state index contributed by atoms with van der Waals surface area (Å²) in [5.41, 5.74) is -0.134. The molecule has 0 bridgehead atoms. The van der Waals surface area contributed by atoms with Crippen molar-refractivity contribution in [2.24, 2.45) is 0 Å². The third-order valence-electron chi connectivity index (χ3n) is 1.94. The van der Waals surface area contributed by atoms with E-state index >= 15 is 0 Å². The number of ether oxygens (including phenoxy) is 1. The van der Waals surface area contributed by atoms with Crippen LogP contribution >= 0.6 is 0 Å². The Kier molecular flexibility index (Phi) is 2.95. The van der Waals surface area contributed by atoms with Crippen molar-refractivity contribution in [2.45, 2.75) is 0 Å². The van der Waals surface area contributed by atoms with Crippen LogP contribution in [0.1, 0.15) is 10.4 Å². The zero-order valence-corrected chi connectivity index (χ0v) is 8.50. The maximum atomic E-state index is 13.0. The molecule has 17 heavy (non-hydrogen) atoms. The van der Waals surface area contributed by atoms with Gasteiger partial charge in [-0.2, -0.15) is 0 Å². The molecule has 6 heteroatoms. The maximum Gasteiger partial charge on any atom is 0.339 e. The minimum atomic E-state index is -1.20. The highest BCUT2D eigenvalue weighted by molar-refractivity contribution is 5.90. The van der Waals surface area contributed by atoms with Gasteiger partial charge in [-0.1, -0.05) is 0 Å². The minimum absolute atomic E-state index is 0.101. The van der Waals surface area contributed by atoms with Crippen LogP contribution < -0.4 is 4.74 Å². The molecule has 1 aromatic carbocycles.